The predicted molar refractivity (Wildman–Crippen MR) is 73.6 cm³/mol. The SMILES string of the molecule is C=CCN(CC(=O)O)C(=O)C1CCCN(S(C)(=O)=O)C1. The number of sulfonamides is 1. The lowest BCUT2D eigenvalue weighted by Gasteiger charge is -2.32. The smallest absolute Gasteiger partial charge is 0.323 e. The molecule has 1 saturated heterocycles. The highest BCUT2D eigenvalue weighted by atomic mass is 32.2. The number of nitrogens with zero attached hydrogens (tertiary/aromatic N) is 2. The molecule has 20 heavy (non-hydrogen) atoms. The molecule has 0 aromatic rings. The molecule has 1 aliphatic heterocycles. The van der Waals surface area contributed by atoms with Crippen LogP contribution in [0.5, 0.6) is 0 Å². The third-order valence-electron chi connectivity index (χ3n) is 3.19. The number of rotatable bonds is 6. The van der Waals surface area contributed by atoms with Crippen molar-refractivity contribution in [3.8, 4) is 0 Å². The summed E-state index contributed by atoms with van der Waals surface area (Å²) < 4.78 is 24.3. The number of carbonyl (C=O) groups excluding carboxylic acids is 1. The molecule has 0 aromatic heterocycles. The van der Waals surface area contributed by atoms with Crippen molar-refractivity contribution in [1.29, 1.82) is 0 Å². The van der Waals surface area contributed by atoms with Crippen LogP contribution in [0.25, 0.3) is 0 Å². The zero-order valence-corrected chi connectivity index (χ0v) is 12.3. The molecular formula is C12H20N2O5S. The van der Waals surface area contributed by atoms with Crippen LogP contribution < -0.4 is 0 Å². The number of hydrogen-bond donors (Lipinski definition) is 1. The first kappa shape index (κ1) is 16.6. The van der Waals surface area contributed by atoms with Crippen molar-refractivity contribution >= 4 is 21.9 Å². The van der Waals surface area contributed by atoms with Crippen LogP contribution in [0.4, 0.5) is 0 Å². The summed E-state index contributed by atoms with van der Waals surface area (Å²) >= 11 is 0. The maximum atomic E-state index is 12.3. The minimum absolute atomic E-state index is 0.116. The molecule has 1 fully saturated rings. The molecule has 1 N–H and O–H groups in total. The molecule has 0 saturated carbocycles. The number of piperidine rings is 1. The van der Waals surface area contributed by atoms with Gasteiger partial charge in [-0.3, -0.25) is 9.59 Å². The molecule has 8 heteroatoms. The van der Waals surface area contributed by atoms with Crippen LogP contribution in [-0.2, 0) is 19.6 Å². The van der Waals surface area contributed by atoms with E-state index in [0.29, 0.717) is 19.4 Å². The maximum Gasteiger partial charge on any atom is 0.323 e. The number of hydrogen-bond acceptors (Lipinski definition) is 4. The van der Waals surface area contributed by atoms with Gasteiger partial charge >= 0.3 is 5.97 Å². The van der Waals surface area contributed by atoms with Crippen molar-refractivity contribution in [2.75, 3.05) is 32.4 Å². The predicted octanol–water partition coefficient (Wildman–Crippen LogP) is -0.243. The molecule has 0 aliphatic carbocycles. The van der Waals surface area contributed by atoms with Gasteiger partial charge in [-0.2, -0.15) is 0 Å². The highest BCUT2D eigenvalue weighted by molar-refractivity contribution is 7.88. The van der Waals surface area contributed by atoms with E-state index < -0.39 is 28.5 Å². The van der Waals surface area contributed by atoms with Gasteiger partial charge in [-0.15, -0.1) is 6.58 Å². The summed E-state index contributed by atoms with van der Waals surface area (Å²) in [6, 6.07) is 0. The fraction of sp³-hybridized carbons (Fsp3) is 0.667. The van der Waals surface area contributed by atoms with E-state index in [1.54, 1.807) is 0 Å². The summed E-state index contributed by atoms with van der Waals surface area (Å²) in [5, 5.41) is 8.80. The first-order valence-electron chi connectivity index (χ1n) is 6.32. The standard InChI is InChI=1S/C12H20N2O5S/c1-3-6-13(9-11(15)16)12(17)10-5-4-7-14(8-10)20(2,18)19/h3,10H,1,4-9H2,2H3,(H,15,16). The van der Waals surface area contributed by atoms with Crippen molar-refractivity contribution in [2.24, 2.45) is 5.92 Å². The van der Waals surface area contributed by atoms with Gasteiger partial charge in [-0.1, -0.05) is 6.08 Å². The Balaban J connectivity index is 2.78. The molecule has 0 radical (unpaired) electrons. The van der Waals surface area contributed by atoms with Gasteiger partial charge in [-0.25, -0.2) is 12.7 Å². The van der Waals surface area contributed by atoms with Gasteiger partial charge in [0.15, 0.2) is 0 Å². The van der Waals surface area contributed by atoms with E-state index >= 15 is 0 Å². The summed E-state index contributed by atoms with van der Waals surface area (Å²) in [5.41, 5.74) is 0. The van der Waals surface area contributed by atoms with Gasteiger partial charge in [0.1, 0.15) is 6.54 Å². The monoisotopic (exact) mass is 304 g/mol. The van der Waals surface area contributed by atoms with Crippen molar-refractivity contribution < 1.29 is 23.1 Å². The first-order valence-corrected chi connectivity index (χ1v) is 8.17. The number of carboxylic acid groups (broad SMARTS) is 1. The molecule has 1 amide bonds. The molecule has 7 nitrogen and oxygen atoms in total. The average Bonchev–Trinajstić information content (AvgIpc) is 2.36. The number of aliphatic carboxylic acids is 1. The number of carboxylic acids is 1. The van der Waals surface area contributed by atoms with Gasteiger partial charge in [-0.05, 0) is 12.8 Å². The number of amides is 1. The molecule has 0 bridgehead atoms. The summed E-state index contributed by atoms with van der Waals surface area (Å²) in [7, 11) is -3.33. The van der Waals surface area contributed by atoms with E-state index in [2.05, 4.69) is 6.58 Å². The second-order valence-electron chi connectivity index (χ2n) is 4.86. The molecule has 0 aromatic carbocycles. The third kappa shape index (κ3) is 4.61. The van der Waals surface area contributed by atoms with Crippen LogP contribution in [0.3, 0.4) is 0 Å². The van der Waals surface area contributed by atoms with Crippen LogP contribution in [0.1, 0.15) is 12.8 Å². The fourth-order valence-corrected chi connectivity index (χ4v) is 3.17. The van der Waals surface area contributed by atoms with Gasteiger partial charge in [0.25, 0.3) is 0 Å². The Kier molecular flexibility index (Phi) is 5.70. The van der Waals surface area contributed by atoms with Crippen LogP contribution in [0, 0.1) is 5.92 Å². The Morgan fingerprint density at radius 1 is 1.50 bits per heavy atom. The zero-order valence-electron chi connectivity index (χ0n) is 11.5. The quantitative estimate of drug-likeness (QED) is 0.683. The molecular weight excluding hydrogens is 284 g/mol. The minimum atomic E-state index is -3.33. The topological polar surface area (TPSA) is 95.0 Å². The van der Waals surface area contributed by atoms with E-state index in [1.165, 1.54) is 15.3 Å². The van der Waals surface area contributed by atoms with Crippen molar-refractivity contribution in [3.63, 3.8) is 0 Å². The second kappa shape index (κ2) is 6.85. The summed E-state index contributed by atoms with van der Waals surface area (Å²) in [6.45, 7) is 3.75. The summed E-state index contributed by atoms with van der Waals surface area (Å²) in [4.78, 5) is 24.2. The van der Waals surface area contributed by atoms with Crippen LogP contribution >= 0.6 is 0 Å². The lowest BCUT2D eigenvalue weighted by molar-refractivity contribution is -0.146. The highest BCUT2D eigenvalue weighted by Gasteiger charge is 2.32. The minimum Gasteiger partial charge on any atom is -0.480 e. The first-order chi connectivity index (χ1) is 9.25. The van der Waals surface area contributed by atoms with E-state index in [-0.39, 0.29) is 19.0 Å². The molecule has 0 spiro atoms. The maximum absolute atomic E-state index is 12.3. The Morgan fingerprint density at radius 3 is 2.65 bits per heavy atom. The Bertz CT molecular complexity index is 488. The van der Waals surface area contributed by atoms with Gasteiger partial charge in [0.2, 0.25) is 15.9 Å². The second-order valence-corrected chi connectivity index (χ2v) is 6.84. The largest absolute Gasteiger partial charge is 0.480 e. The third-order valence-corrected chi connectivity index (χ3v) is 4.46. The van der Waals surface area contributed by atoms with Gasteiger partial charge in [0, 0.05) is 19.6 Å². The normalized spacial score (nSPS) is 20.4. The lowest BCUT2D eigenvalue weighted by atomic mass is 9.98. The Morgan fingerprint density at radius 2 is 2.15 bits per heavy atom. The Labute approximate surface area is 118 Å². The molecule has 114 valence electrons. The molecule has 1 rings (SSSR count). The van der Waals surface area contributed by atoms with E-state index in [1.807, 2.05) is 0 Å². The van der Waals surface area contributed by atoms with E-state index in [0.717, 1.165) is 6.26 Å². The highest BCUT2D eigenvalue weighted by Crippen LogP contribution is 2.20. The molecule has 1 atom stereocenters. The van der Waals surface area contributed by atoms with Crippen LogP contribution in [-0.4, -0.2) is 67.0 Å². The van der Waals surface area contributed by atoms with Crippen LogP contribution in [0.15, 0.2) is 12.7 Å². The van der Waals surface area contributed by atoms with E-state index in [9.17, 15) is 18.0 Å². The number of carbonyl (C=O) groups is 2. The summed E-state index contributed by atoms with van der Waals surface area (Å²) in [5.74, 6) is -1.92. The van der Waals surface area contributed by atoms with Crippen LogP contribution in [0.2, 0.25) is 0 Å². The fourth-order valence-electron chi connectivity index (χ4n) is 2.25. The lowest BCUT2D eigenvalue weighted by Crippen LogP contribution is -2.47. The zero-order chi connectivity index (χ0) is 15.3. The van der Waals surface area contributed by atoms with Gasteiger partial charge in [0.05, 0.1) is 12.2 Å². The molecule has 1 aliphatic rings. The van der Waals surface area contributed by atoms with Gasteiger partial charge < -0.3 is 10.0 Å². The van der Waals surface area contributed by atoms with Crippen molar-refractivity contribution in [3.05, 3.63) is 12.7 Å². The molecule has 1 unspecified atom stereocenters. The van der Waals surface area contributed by atoms with E-state index in [4.69, 9.17) is 5.11 Å². The molecule has 1 heterocycles. The van der Waals surface area contributed by atoms with Crippen molar-refractivity contribution in [1.82, 2.24) is 9.21 Å². The Hall–Kier alpha value is -1.41. The van der Waals surface area contributed by atoms with Crippen molar-refractivity contribution in [2.45, 2.75) is 12.8 Å². The summed E-state index contributed by atoms with van der Waals surface area (Å²) in [6.07, 6.45) is 3.73. The average molecular weight is 304 g/mol.